The molecule has 3 aromatic rings. The van der Waals surface area contributed by atoms with Gasteiger partial charge in [0.05, 0.1) is 35.9 Å². The molecule has 180 valence electrons. The summed E-state index contributed by atoms with van der Waals surface area (Å²) in [6.07, 6.45) is 0. The van der Waals surface area contributed by atoms with Gasteiger partial charge in [-0.1, -0.05) is 41.4 Å². The first-order valence-corrected chi connectivity index (χ1v) is 12.3. The van der Waals surface area contributed by atoms with Gasteiger partial charge in [0.25, 0.3) is 10.0 Å². The molecular weight excluding hydrogens is 476 g/mol. The highest BCUT2D eigenvalue weighted by Crippen LogP contribution is 2.31. The van der Waals surface area contributed by atoms with Gasteiger partial charge >= 0.3 is 0 Å². The molecular formula is C25H27ClN2O5S. The van der Waals surface area contributed by atoms with Gasteiger partial charge in [0, 0.05) is 5.56 Å². The van der Waals surface area contributed by atoms with Crippen LogP contribution in [0.2, 0.25) is 5.02 Å². The summed E-state index contributed by atoms with van der Waals surface area (Å²) in [6, 6.07) is 17.7. The number of sulfonamides is 1. The molecule has 0 fully saturated rings. The minimum absolute atomic E-state index is 0.0633. The molecule has 0 aliphatic rings. The molecule has 1 amide bonds. The smallest absolute Gasteiger partial charge is 0.264 e. The minimum atomic E-state index is -4.07. The summed E-state index contributed by atoms with van der Waals surface area (Å²) in [4.78, 5) is 13.1. The Bertz CT molecular complexity index is 1260. The number of ether oxygens (including phenoxy) is 2. The Morgan fingerprint density at radius 3 is 2.32 bits per heavy atom. The maximum atomic E-state index is 13.5. The first-order chi connectivity index (χ1) is 16.2. The van der Waals surface area contributed by atoms with Crippen LogP contribution in [-0.4, -0.2) is 35.1 Å². The van der Waals surface area contributed by atoms with Crippen molar-refractivity contribution in [2.24, 2.45) is 0 Å². The zero-order valence-corrected chi connectivity index (χ0v) is 21.0. The highest BCUT2D eigenvalue weighted by atomic mass is 35.5. The van der Waals surface area contributed by atoms with E-state index in [2.05, 4.69) is 5.32 Å². The van der Waals surface area contributed by atoms with Crippen LogP contribution in [0.5, 0.6) is 11.5 Å². The Labute approximate surface area is 205 Å². The van der Waals surface area contributed by atoms with Crippen molar-refractivity contribution in [2.75, 3.05) is 25.1 Å². The molecule has 0 radical (unpaired) electrons. The Balaban J connectivity index is 1.92. The number of carbonyl (C=O) groups is 1. The number of para-hydroxylation sites is 1. The Kier molecular flexibility index (Phi) is 8.06. The molecule has 0 unspecified atom stereocenters. The molecule has 7 nitrogen and oxygen atoms in total. The topological polar surface area (TPSA) is 84.9 Å². The van der Waals surface area contributed by atoms with E-state index >= 15 is 0 Å². The van der Waals surface area contributed by atoms with Crippen molar-refractivity contribution < 1.29 is 22.7 Å². The summed E-state index contributed by atoms with van der Waals surface area (Å²) in [5, 5.41) is 3.07. The van der Waals surface area contributed by atoms with Gasteiger partial charge in [-0.25, -0.2) is 8.42 Å². The molecule has 0 bridgehead atoms. The fraction of sp³-hybridized carbons (Fsp3) is 0.240. The second-order valence-electron chi connectivity index (χ2n) is 7.67. The van der Waals surface area contributed by atoms with Gasteiger partial charge in [-0.15, -0.1) is 0 Å². The maximum absolute atomic E-state index is 13.5. The molecule has 0 aliphatic heterocycles. The second-order valence-corrected chi connectivity index (χ2v) is 9.94. The summed E-state index contributed by atoms with van der Waals surface area (Å²) in [5.41, 5.74) is 1.83. The van der Waals surface area contributed by atoms with Gasteiger partial charge < -0.3 is 14.8 Å². The van der Waals surface area contributed by atoms with Gasteiger partial charge in [-0.3, -0.25) is 9.10 Å². The number of carbonyl (C=O) groups excluding carboxylic acids is 1. The minimum Gasteiger partial charge on any atom is -0.497 e. The Morgan fingerprint density at radius 1 is 1.03 bits per heavy atom. The molecule has 0 saturated carbocycles. The van der Waals surface area contributed by atoms with E-state index in [0.29, 0.717) is 17.1 Å². The van der Waals surface area contributed by atoms with Crippen molar-refractivity contribution >= 4 is 33.2 Å². The number of amides is 1. The van der Waals surface area contributed by atoms with Crippen molar-refractivity contribution in [1.29, 1.82) is 0 Å². The lowest BCUT2D eigenvalue weighted by Gasteiger charge is -2.26. The first-order valence-electron chi connectivity index (χ1n) is 10.5. The van der Waals surface area contributed by atoms with Gasteiger partial charge in [0.1, 0.15) is 18.0 Å². The van der Waals surface area contributed by atoms with Crippen LogP contribution in [0, 0.1) is 6.92 Å². The van der Waals surface area contributed by atoms with Crippen LogP contribution < -0.4 is 19.1 Å². The zero-order valence-electron chi connectivity index (χ0n) is 19.4. The van der Waals surface area contributed by atoms with Crippen molar-refractivity contribution in [3.8, 4) is 11.5 Å². The second kappa shape index (κ2) is 10.8. The molecule has 0 spiro atoms. The summed E-state index contributed by atoms with van der Waals surface area (Å²) in [7, 11) is -0.986. The van der Waals surface area contributed by atoms with E-state index in [1.807, 2.05) is 6.92 Å². The van der Waals surface area contributed by atoms with Crippen LogP contribution in [0.25, 0.3) is 0 Å². The summed E-state index contributed by atoms with van der Waals surface area (Å²) in [6.45, 7) is 3.18. The molecule has 1 atom stereocenters. The monoisotopic (exact) mass is 502 g/mol. The predicted molar refractivity (Wildman–Crippen MR) is 133 cm³/mol. The van der Waals surface area contributed by atoms with Gasteiger partial charge in [0.2, 0.25) is 5.91 Å². The number of hydrogen-bond acceptors (Lipinski definition) is 5. The highest BCUT2D eigenvalue weighted by molar-refractivity contribution is 7.92. The van der Waals surface area contributed by atoms with Gasteiger partial charge in [-0.05, 0) is 56.3 Å². The molecule has 0 heterocycles. The normalized spacial score (nSPS) is 12.0. The van der Waals surface area contributed by atoms with Crippen LogP contribution in [0.4, 0.5) is 5.69 Å². The summed E-state index contributed by atoms with van der Waals surface area (Å²) < 4.78 is 38.7. The fourth-order valence-corrected chi connectivity index (χ4v) is 5.19. The number of rotatable bonds is 9. The zero-order chi connectivity index (χ0) is 24.9. The lowest BCUT2D eigenvalue weighted by atomic mass is 10.1. The average molecular weight is 503 g/mol. The third-order valence-corrected chi connectivity index (χ3v) is 7.39. The van der Waals surface area contributed by atoms with E-state index in [-0.39, 0.29) is 15.6 Å². The molecule has 34 heavy (non-hydrogen) atoms. The lowest BCUT2D eigenvalue weighted by molar-refractivity contribution is -0.120. The van der Waals surface area contributed by atoms with Crippen molar-refractivity contribution in [2.45, 2.75) is 24.8 Å². The molecule has 0 saturated heterocycles. The summed E-state index contributed by atoms with van der Waals surface area (Å²) in [5.74, 6) is 0.674. The van der Waals surface area contributed by atoms with Crippen LogP contribution in [0.15, 0.2) is 71.6 Å². The van der Waals surface area contributed by atoms with E-state index in [0.717, 1.165) is 9.87 Å². The predicted octanol–water partition coefficient (Wildman–Crippen LogP) is 4.74. The quantitative estimate of drug-likeness (QED) is 0.457. The fourth-order valence-electron chi connectivity index (χ4n) is 3.46. The Hall–Kier alpha value is -3.23. The SMILES string of the molecule is COc1ccc(OC)c([C@@H](C)NC(=O)CN(c2ccccc2Cl)S(=O)(=O)c2ccc(C)cc2)c1. The number of nitrogens with one attached hydrogen (secondary N) is 1. The van der Waals surface area contributed by atoms with Crippen LogP contribution in [0.1, 0.15) is 24.1 Å². The Morgan fingerprint density at radius 2 is 1.71 bits per heavy atom. The number of anilines is 1. The van der Waals surface area contributed by atoms with Crippen LogP contribution in [-0.2, 0) is 14.8 Å². The van der Waals surface area contributed by atoms with Crippen LogP contribution >= 0.6 is 11.6 Å². The lowest BCUT2D eigenvalue weighted by Crippen LogP contribution is -2.41. The molecule has 3 rings (SSSR count). The highest BCUT2D eigenvalue weighted by Gasteiger charge is 2.29. The van der Waals surface area contributed by atoms with E-state index in [1.165, 1.54) is 19.2 Å². The van der Waals surface area contributed by atoms with Crippen molar-refractivity contribution in [3.05, 3.63) is 82.9 Å². The number of hydrogen-bond donors (Lipinski definition) is 1. The number of aryl methyl sites for hydroxylation is 1. The molecule has 0 aliphatic carbocycles. The number of benzene rings is 3. The molecule has 3 aromatic carbocycles. The maximum Gasteiger partial charge on any atom is 0.264 e. The first kappa shape index (κ1) is 25.4. The van der Waals surface area contributed by atoms with Crippen molar-refractivity contribution in [1.82, 2.24) is 5.32 Å². The molecule has 0 aromatic heterocycles. The van der Waals surface area contributed by atoms with E-state index in [4.69, 9.17) is 21.1 Å². The molecule has 1 N–H and O–H groups in total. The number of methoxy groups -OCH3 is 2. The third-order valence-electron chi connectivity index (χ3n) is 5.30. The summed E-state index contributed by atoms with van der Waals surface area (Å²) >= 11 is 6.33. The molecule has 9 heteroatoms. The van der Waals surface area contributed by atoms with E-state index < -0.39 is 28.5 Å². The number of halogens is 1. The average Bonchev–Trinajstić information content (AvgIpc) is 2.82. The van der Waals surface area contributed by atoms with E-state index in [1.54, 1.807) is 68.6 Å². The largest absolute Gasteiger partial charge is 0.497 e. The van der Waals surface area contributed by atoms with Gasteiger partial charge in [0.15, 0.2) is 0 Å². The van der Waals surface area contributed by atoms with E-state index in [9.17, 15) is 13.2 Å². The van der Waals surface area contributed by atoms with Crippen LogP contribution in [0.3, 0.4) is 0 Å². The van der Waals surface area contributed by atoms with Crippen molar-refractivity contribution in [3.63, 3.8) is 0 Å². The standard InChI is InChI=1S/C25H27ClN2O5S/c1-17-9-12-20(13-10-17)34(30,31)28(23-8-6-5-7-22(23)26)16-25(29)27-18(2)21-15-19(32-3)11-14-24(21)33-4/h5-15,18H,16H2,1-4H3,(H,27,29)/t18-/m1/s1. The number of nitrogens with zero attached hydrogens (tertiary/aromatic N) is 1. The van der Waals surface area contributed by atoms with Gasteiger partial charge in [-0.2, -0.15) is 0 Å². The third kappa shape index (κ3) is 5.63.